The van der Waals surface area contributed by atoms with Gasteiger partial charge in [-0.15, -0.1) is 0 Å². The summed E-state index contributed by atoms with van der Waals surface area (Å²) in [7, 11) is 0. The molecule has 0 aromatic carbocycles. The molecule has 0 spiro atoms. The van der Waals surface area contributed by atoms with Gasteiger partial charge in [0.1, 0.15) is 0 Å². The minimum Gasteiger partial charge on any atom is -0.378 e. The first-order valence-corrected chi connectivity index (χ1v) is 5.25. The van der Waals surface area contributed by atoms with Crippen molar-refractivity contribution in [2.24, 2.45) is 0 Å². The van der Waals surface area contributed by atoms with Crippen molar-refractivity contribution in [3.05, 3.63) is 22.7 Å². The summed E-state index contributed by atoms with van der Waals surface area (Å²) >= 11 is 0. The van der Waals surface area contributed by atoms with Gasteiger partial charge in [-0.2, -0.15) is 0 Å². The number of ether oxygens (including phenoxy) is 1. The molecule has 2 heterocycles. The second kappa shape index (κ2) is 4.93. The molecule has 0 radical (unpaired) electrons. The van der Waals surface area contributed by atoms with E-state index in [0.29, 0.717) is 11.9 Å². The molecular weight excluding hydrogens is 194 g/mol. The summed E-state index contributed by atoms with van der Waals surface area (Å²) < 4.78 is 5.47. The summed E-state index contributed by atoms with van der Waals surface area (Å²) in [5.74, 6) is 0.385. The van der Waals surface area contributed by atoms with Crippen LogP contribution in [0.5, 0.6) is 0 Å². The van der Waals surface area contributed by atoms with Crippen molar-refractivity contribution in [2.45, 2.75) is 25.4 Å². The molecule has 82 valence electrons. The van der Waals surface area contributed by atoms with E-state index in [1.54, 1.807) is 6.20 Å². The van der Waals surface area contributed by atoms with Crippen LogP contribution in [0.25, 0.3) is 0 Å². The smallest absolute Gasteiger partial charge is 0.290 e. The van der Waals surface area contributed by atoms with Crippen LogP contribution in [-0.4, -0.2) is 29.2 Å². The number of rotatable bonds is 4. The molecule has 1 fully saturated rings. The van der Waals surface area contributed by atoms with E-state index < -0.39 is 0 Å². The van der Waals surface area contributed by atoms with Gasteiger partial charge in [-0.25, -0.2) is 4.98 Å². The first kappa shape index (κ1) is 10.2. The van der Waals surface area contributed by atoms with Crippen LogP contribution < -0.4 is 10.9 Å². The Kier molecular flexibility index (Phi) is 3.34. The average Bonchev–Trinajstić information content (AvgIpc) is 2.74. The van der Waals surface area contributed by atoms with Gasteiger partial charge in [0.15, 0.2) is 5.82 Å². The van der Waals surface area contributed by atoms with Crippen LogP contribution in [0, 0.1) is 0 Å². The van der Waals surface area contributed by atoms with Crippen LogP contribution in [-0.2, 0) is 4.74 Å². The minimum absolute atomic E-state index is 0.176. The molecule has 1 unspecified atom stereocenters. The number of aromatic amines is 1. The molecular formula is C10H15N3O2. The Morgan fingerprint density at radius 3 is 3.33 bits per heavy atom. The lowest BCUT2D eigenvalue weighted by Gasteiger charge is -2.09. The zero-order chi connectivity index (χ0) is 10.5. The monoisotopic (exact) mass is 209 g/mol. The first-order valence-electron chi connectivity index (χ1n) is 5.25. The molecule has 1 aromatic rings. The summed E-state index contributed by atoms with van der Waals surface area (Å²) in [4.78, 5) is 17.7. The number of H-pyrrole nitrogens is 1. The van der Waals surface area contributed by atoms with Gasteiger partial charge in [0, 0.05) is 25.5 Å². The lowest BCUT2D eigenvalue weighted by molar-refractivity contribution is 0.107. The van der Waals surface area contributed by atoms with Crippen LogP contribution in [0.1, 0.15) is 19.3 Å². The van der Waals surface area contributed by atoms with Crippen molar-refractivity contribution in [3.8, 4) is 0 Å². The maximum absolute atomic E-state index is 11.2. The van der Waals surface area contributed by atoms with Gasteiger partial charge in [-0.05, 0) is 19.3 Å². The molecule has 0 saturated carbocycles. The van der Waals surface area contributed by atoms with Crippen molar-refractivity contribution < 1.29 is 4.74 Å². The molecule has 1 saturated heterocycles. The SMILES string of the molecule is O=c1[nH]ccnc1NCCC1CCCO1. The molecule has 2 rings (SSSR count). The maximum atomic E-state index is 11.2. The Hall–Kier alpha value is -1.36. The van der Waals surface area contributed by atoms with Crippen molar-refractivity contribution in [1.82, 2.24) is 9.97 Å². The largest absolute Gasteiger partial charge is 0.378 e. The highest BCUT2D eigenvalue weighted by Gasteiger charge is 2.14. The maximum Gasteiger partial charge on any atom is 0.290 e. The molecule has 5 heteroatoms. The zero-order valence-corrected chi connectivity index (χ0v) is 8.53. The van der Waals surface area contributed by atoms with E-state index in [2.05, 4.69) is 15.3 Å². The van der Waals surface area contributed by atoms with E-state index in [1.807, 2.05) is 0 Å². The molecule has 15 heavy (non-hydrogen) atoms. The fourth-order valence-corrected chi connectivity index (χ4v) is 1.70. The second-order valence-corrected chi connectivity index (χ2v) is 3.62. The normalized spacial score (nSPS) is 20.4. The highest BCUT2D eigenvalue weighted by molar-refractivity contribution is 5.29. The molecule has 1 aliphatic heterocycles. The van der Waals surface area contributed by atoms with Gasteiger partial charge in [-0.3, -0.25) is 4.79 Å². The minimum atomic E-state index is -0.176. The van der Waals surface area contributed by atoms with Crippen LogP contribution in [0.4, 0.5) is 5.82 Å². The van der Waals surface area contributed by atoms with Crippen LogP contribution >= 0.6 is 0 Å². The van der Waals surface area contributed by atoms with Crippen molar-refractivity contribution >= 4 is 5.82 Å². The third kappa shape index (κ3) is 2.79. The zero-order valence-electron chi connectivity index (χ0n) is 8.53. The van der Waals surface area contributed by atoms with Crippen LogP contribution in [0.2, 0.25) is 0 Å². The molecule has 1 atom stereocenters. The van der Waals surface area contributed by atoms with Gasteiger partial charge >= 0.3 is 0 Å². The number of nitrogens with zero attached hydrogens (tertiary/aromatic N) is 1. The standard InChI is InChI=1S/C10H15N3O2/c14-10-9(12-5-6-13-10)11-4-3-8-2-1-7-15-8/h5-6,8H,1-4,7H2,(H,11,12)(H,13,14). The topological polar surface area (TPSA) is 67.0 Å². The molecule has 5 nitrogen and oxygen atoms in total. The molecule has 1 aliphatic rings. The molecule has 0 aliphatic carbocycles. The highest BCUT2D eigenvalue weighted by Crippen LogP contribution is 2.14. The predicted molar refractivity (Wildman–Crippen MR) is 56.9 cm³/mol. The Balaban J connectivity index is 1.78. The molecule has 1 aromatic heterocycles. The van der Waals surface area contributed by atoms with Crippen molar-refractivity contribution in [1.29, 1.82) is 0 Å². The van der Waals surface area contributed by atoms with E-state index in [9.17, 15) is 4.79 Å². The Labute approximate surface area is 87.9 Å². The van der Waals surface area contributed by atoms with Gasteiger partial charge in [0.2, 0.25) is 0 Å². The van der Waals surface area contributed by atoms with Gasteiger partial charge < -0.3 is 15.0 Å². The summed E-state index contributed by atoms with van der Waals surface area (Å²) in [5.41, 5.74) is -0.176. The van der Waals surface area contributed by atoms with E-state index in [0.717, 1.165) is 32.4 Å². The average molecular weight is 209 g/mol. The Bertz CT molecular complexity index is 358. The predicted octanol–water partition coefficient (Wildman–Crippen LogP) is 0.751. The first-order chi connectivity index (χ1) is 7.36. The van der Waals surface area contributed by atoms with Crippen molar-refractivity contribution in [2.75, 3.05) is 18.5 Å². The van der Waals surface area contributed by atoms with Gasteiger partial charge in [0.05, 0.1) is 6.10 Å². The number of hydrogen-bond acceptors (Lipinski definition) is 4. The molecule has 0 bridgehead atoms. The number of nitrogens with one attached hydrogen (secondary N) is 2. The van der Waals surface area contributed by atoms with E-state index in [1.165, 1.54) is 6.20 Å². The second-order valence-electron chi connectivity index (χ2n) is 3.62. The third-order valence-electron chi connectivity index (χ3n) is 2.49. The summed E-state index contributed by atoms with van der Waals surface area (Å²) in [6.45, 7) is 1.60. The summed E-state index contributed by atoms with van der Waals surface area (Å²) in [6, 6.07) is 0. The lowest BCUT2D eigenvalue weighted by atomic mass is 10.2. The summed E-state index contributed by atoms with van der Waals surface area (Å²) in [6.07, 6.45) is 6.63. The quantitative estimate of drug-likeness (QED) is 0.768. The lowest BCUT2D eigenvalue weighted by Crippen LogP contribution is -2.19. The van der Waals surface area contributed by atoms with Gasteiger partial charge in [-0.1, -0.05) is 0 Å². The fraction of sp³-hybridized carbons (Fsp3) is 0.600. The Morgan fingerprint density at radius 1 is 1.67 bits per heavy atom. The van der Waals surface area contributed by atoms with E-state index in [-0.39, 0.29) is 5.56 Å². The van der Waals surface area contributed by atoms with Crippen LogP contribution in [0.3, 0.4) is 0 Å². The number of aromatic nitrogens is 2. The summed E-state index contributed by atoms with van der Waals surface area (Å²) in [5, 5.41) is 3.00. The number of anilines is 1. The van der Waals surface area contributed by atoms with E-state index >= 15 is 0 Å². The number of hydrogen-bond donors (Lipinski definition) is 2. The molecule has 0 amide bonds. The van der Waals surface area contributed by atoms with Gasteiger partial charge in [0.25, 0.3) is 5.56 Å². The highest BCUT2D eigenvalue weighted by atomic mass is 16.5. The van der Waals surface area contributed by atoms with Crippen molar-refractivity contribution in [3.63, 3.8) is 0 Å². The van der Waals surface area contributed by atoms with Crippen LogP contribution in [0.15, 0.2) is 17.2 Å². The van der Waals surface area contributed by atoms with E-state index in [4.69, 9.17) is 4.74 Å². The Morgan fingerprint density at radius 2 is 2.60 bits per heavy atom. The molecule has 2 N–H and O–H groups in total. The fourth-order valence-electron chi connectivity index (χ4n) is 1.70. The third-order valence-corrected chi connectivity index (χ3v) is 2.49.